The fourth-order valence-corrected chi connectivity index (χ4v) is 4.70. The zero-order valence-corrected chi connectivity index (χ0v) is 13.3. The lowest BCUT2D eigenvalue weighted by atomic mass is 9.68. The summed E-state index contributed by atoms with van der Waals surface area (Å²) in [5, 5.41) is 0. The van der Waals surface area contributed by atoms with E-state index in [0.29, 0.717) is 0 Å². The second-order valence-corrected chi connectivity index (χ2v) is 6.98. The summed E-state index contributed by atoms with van der Waals surface area (Å²) in [4.78, 5) is 11.4. The Hall–Kier alpha value is -1.46. The summed E-state index contributed by atoms with van der Waals surface area (Å²) in [5.74, 6) is -6.50. The fourth-order valence-electron chi connectivity index (χ4n) is 4.70. The van der Waals surface area contributed by atoms with Gasteiger partial charge in [-0.25, -0.2) is 4.79 Å². The molecule has 0 spiro atoms. The molecular formula is C15H13F9O3. The van der Waals surface area contributed by atoms with E-state index >= 15 is 0 Å². The number of halogens is 9. The van der Waals surface area contributed by atoms with Gasteiger partial charge in [-0.05, 0) is 24.7 Å². The average molecular weight is 412 g/mol. The first-order chi connectivity index (χ1) is 12.1. The molecule has 1 heterocycles. The van der Waals surface area contributed by atoms with Crippen molar-refractivity contribution < 1.29 is 53.8 Å². The zero-order chi connectivity index (χ0) is 20.6. The van der Waals surface area contributed by atoms with Crippen molar-refractivity contribution >= 4 is 5.97 Å². The van der Waals surface area contributed by atoms with Crippen LogP contribution in [0.5, 0.6) is 0 Å². The highest BCUT2D eigenvalue weighted by Gasteiger charge is 2.87. The highest BCUT2D eigenvalue weighted by molar-refractivity contribution is 5.89. The highest BCUT2D eigenvalue weighted by Crippen LogP contribution is 2.70. The van der Waals surface area contributed by atoms with E-state index in [9.17, 15) is 44.3 Å². The van der Waals surface area contributed by atoms with Crippen molar-refractivity contribution in [2.24, 2.45) is 23.7 Å². The van der Waals surface area contributed by atoms with Gasteiger partial charge in [0.15, 0.2) is 0 Å². The summed E-state index contributed by atoms with van der Waals surface area (Å²) in [6.07, 6.45) is -17.5. The Bertz CT molecular complexity index is 634. The Morgan fingerprint density at radius 2 is 1.52 bits per heavy atom. The van der Waals surface area contributed by atoms with Crippen molar-refractivity contribution in [1.29, 1.82) is 0 Å². The average Bonchev–Trinajstić information content (AvgIpc) is 2.91. The molecule has 1 aliphatic heterocycles. The molecule has 3 fully saturated rings. The molecule has 0 aromatic rings. The molecule has 5 atom stereocenters. The molecule has 3 nitrogen and oxygen atoms in total. The van der Waals surface area contributed by atoms with Crippen molar-refractivity contribution in [3.8, 4) is 0 Å². The Morgan fingerprint density at radius 3 is 2.00 bits per heavy atom. The molecular weight excluding hydrogens is 399 g/mol. The molecule has 0 radical (unpaired) electrons. The second-order valence-electron chi connectivity index (χ2n) is 6.98. The van der Waals surface area contributed by atoms with Gasteiger partial charge in [0.2, 0.25) is 0 Å². The molecule has 2 aliphatic carbocycles. The first-order valence-corrected chi connectivity index (χ1v) is 7.87. The molecule has 12 heteroatoms. The van der Waals surface area contributed by atoms with Crippen molar-refractivity contribution in [2.45, 2.75) is 43.1 Å². The number of rotatable bonds is 3. The number of fused-ring (bicyclic) bond motifs is 5. The lowest BCUT2D eigenvalue weighted by molar-refractivity contribution is -0.470. The summed E-state index contributed by atoms with van der Waals surface area (Å²) in [7, 11) is 0. The number of ether oxygens (including phenoxy) is 2. The van der Waals surface area contributed by atoms with Gasteiger partial charge in [-0.3, -0.25) is 0 Å². The van der Waals surface area contributed by atoms with Crippen molar-refractivity contribution in [3.05, 3.63) is 12.2 Å². The molecule has 0 amide bonds. The van der Waals surface area contributed by atoms with Gasteiger partial charge in [-0.1, -0.05) is 6.58 Å². The van der Waals surface area contributed by atoms with Gasteiger partial charge in [0.25, 0.3) is 5.60 Å². The third-order valence-corrected chi connectivity index (χ3v) is 5.80. The highest BCUT2D eigenvalue weighted by atomic mass is 19.4. The maximum Gasteiger partial charge on any atom is 0.426 e. The normalized spacial score (nSPS) is 34.8. The summed E-state index contributed by atoms with van der Waals surface area (Å²) in [5.41, 5.74) is -6.09. The second kappa shape index (κ2) is 5.77. The maximum atomic E-state index is 13.2. The monoisotopic (exact) mass is 412 g/mol. The molecule has 2 bridgehead atoms. The largest absolute Gasteiger partial charge is 0.462 e. The SMILES string of the molecule is C=C(C(=O)OCC1C2CCC1C1C2OC1(C(F)(F)F)C(F)(F)F)C(F)(F)F. The summed E-state index contributed by atoms with van der Waals surface area (Å²) in [6.45, 7) is 1.82. The fraction of sp³-hybridized carbons (Fsp3) is 0.800. The molecule has 0 aromatic heterocycles. The summed E-state index contributed by atoms with van der Waals surface area (Å²) in [6, 6.07) is 0. The summed E-state index contributed by atoms with van der Waals surface area (Å²) >= 11 is 0. The standard InChI is InChI=1S/C15H13F9O3/c1-5(13(16,17)18)11(25)26-4-8-6-2-3-7(8)10-9(6)12(27-10,14(19,20)21)15(22,23)24/h6-10H,1-4H2. The number of esters is 1. The van der Waals surface area contributed by atoms with E-state index in [2.05, 4.69) is 16.1 Å². The lowest BCUT2D eigenvalue weighted by Crippen LogP contribution is -2.75. The van der Waals surface area contributed by atoms with Crippen LogP contribution < -0.4 is 0 Å². The zero-order valence-electron chi connectivity index (χ0n) is 13.3. The van der Waals surface area contributed by atoms with Crippen LogP contribution in [0, 0.1) is 23.7 Å². The van der Waals surface area contributed by atoms with Crippen LogP contribution in [-0.2, 0) is 14.3 Å². The predicted octanol–water partition coefficient (Wildman–Crippen LogP) is 4.18. The van der Waals surface area contributed by atoms with Crippen LogP contribution in [0.25, 0.3) is 0 Å². The van der Waals surface area contributed by atoms with Crippen LogP contribution in [0.1, 0.15) is 12.8 Å². The van der Waals surface area contributed by atoms with E-state index in [0.717, 1.165) is 0 Å². The topological polar surface area (TPSA) is 35.5 Å². The first-order valence-electron chi connectivity index (χ1n) is 7.87. The first kappa shape index (κ1) is 20.3. The minimum absolute atomic E-state index is 0.0194. The lowest BCUT2D eigenvalue weighted by Gasteiger charge is -2.56. The van der Waals surface area contributed by atoms with Gasteiger partial charge in [0.1, 0.15) is 5.57 Å². The molecule has 0 N–H and O–H groups in total. The van der Waals surface area contributed by atoms with Crippen LogP contribution in [0.3, 0.4) is 0 Å². The van der Waals surface area contributed by atoms with Gasteiger partial charge in [-0.2, -0.15) is 39.5 Å². The van der Waals surface area contributed by atoms with E-state index in [4.69, 9.17) is 0 Å². The van der Waals surface area contributed by atoms with Gasteiger partial charge < -0.3 is 9.47 Å². The van der Waals surface area contributed by atoms with Crippen molar-refractivity contribution in [1.82, 2.24) is 0 Å². The van der Waals surface area contributed by atoms with E-state index in [1.165, 1.54) is 0 Å². The van der Waals surface area contributed by atoms with E-state index in [1.807, 2.05) is 0 Å². The number of carbonyl (C=O) groups is 1. The molecule has 2 saturated carbocycles. The van der Waals surface area contributed by atoms with Crippen molar-refractivity contribution in [2.75, 3.05) is 6.61 Å². The Kier molecular flexibility index (Phi) is 4.33. The molecule has 5 unspecified atom stereocenters. The molecule has 1 saturated heterocycles. The van der Waals surface area contributed by atoms with Crippen LogP contribution in [0.2, 0.25) is 0 Å². The predicted molar refractivity (Wildman–Crippen MR) is 69.1 cm³/mol. The number of hydrogen-bond donors (Lipinski definition) is 0. The van der Waals surface area contributed by atoms with Gasteiger partial charge in [-0.15, -0.1) is 0 Å². The third kappa shape index (κ3) is 2.73. The van der Waals surface area contributed by atoms with Gasteiger partial charge >= 0.3 is 24.5 Å². The molecule has 3 aliphatic rings. The van der Waals surface area contributed by atoms with Crippen LogP contribution >= 0.6 is 0 Å². The summed E-state index contributed by atoms with van der Waals surface area (Å²) < 4.78 is 125. The van der Waals surface area contributed by atoms with E-state index < -0.39 is 72.1 Å². The Balaban J connectivity index is 1.76. The Morgan fingerprint density at radius 1 is 1.00 bits per heavy atom. The van der Waals surface area contributed by atoms with Crippen LogP contribution in [0.4, 0.5) is 39.5 Å². The number of carbonyl (C=O) groups excluding carboxylic acids is 1. The van der Waals surface area contributed by atoms with Crippen LogP contribution in [-0.4, -0.2) is 42.8 Å². The number of alkyl halides is 9. The van der Waals surface area contributed by atoms with Gasteiger partial charge in [0, 0.05) is 11.8 Å². The smallest absolute Gasteiger partial charge is 0.426 e. The number of hydrogen-bond acceptors (Lipinski definition) is 3. The molecule has 27 heavy (non-hydrogen) atoms. The maximum absolute atomic E-state index is 13.2. The minimum atomic E-state index is -5.69. The Labute approximate surface area is 146 Å². The third-order valence-electron chi connectivity index (χ3n) is 5.80. The van der Waals surface area contributed by atoms with E-state index in [1.54, 1.807) is 0 Å². The molecule has 154 valence electrons. The van der Waals surface area contributed by atoms with E-state index in [-0.39, 0.29) is 12.8 Å². The van der Waals surface area contributed by atoms with Crippen molar-refractivity contribution in [3.63, 3.8) is 0 Å². The van der Waals surface area contributed by atoms with Gasteiger partial charge in [0.05, 0.1) is 12.7 Å². The van der Waals surface area contributed by atoms with Crippen LogP contribution in [0.15, 0.2) is 12.2 Å². The molecule has 3 rings (SSSR count). The quantitative estimate of drug-likeness (QED) is 0.397. The molecule has 0 aromatic carbocycles. The minimum Gasteiger partial charge on any atom is -0.462 e.